The van der Waals surface area contributed by atoms with E-state index in [0.29, 0.717) is 12.3 Å². The fourth-order valence-corrected chi connectivity index (χ4v) is 0.258. The van der Waals surface area contributed by atoms with E-state index >= 15 is 0 Å². The van der Waals surface area contributed by atoms with Crippen molar-refractivity contribution < 1.29 is 8.74 Å². The molecule has 0 heterocycles. The molecule has 2 nitrogen and oxygen atoms in total. The van der Waals surface area contributed by atoms with Gasteiger partial charge in [-0.2, -0.15) is 0 Å². The zero-order chi connectivity index (χ0) is 4.99. The molecule has 0 aromatic rings. The van der Waals surface area contributed by atoms with Crippen molar-refractivity contribution in [2.45, 2.75) is 20.0 Å². The van der Waals surface area contributed by atoms with Crippen LogP contribution in [0.4, 0.5) is 0 Å². The monoisotopic (exact) mass is 108 g/mol. The first-order valence-corrected chi connectivity index (χ1v) is 2.44. The van der Waals surface area contributed by atoms with Gasteiger partial charge in [0.15, 0.2) is 12.3 Å². The van der Waals surface area contributed by atoms with Crippen molar-refractivity contribution in [1.82, 2.24) is 0 Å². The summed E-state index contributed by atoms with van der Waals surface area (Å²) in [5, 5.41) is 0. The van der Waals surface area contributed by atoms with Gasteiger partial charge in [-0.1, -0.05) is 0 Å². The van der Waals surface area contributed by atoms with Crippen molar-refractivity contribution in [3.05, 3.63) is 0 Å². The lowest BCUT2D eigenvalue weighted by atomic mass is 10.5. The molecule has 0 atom stereocenters. The maximum absolute atomic E-state index is 7.93. The minimum absolute atomic E-state index is 0.111. The lowest BCUT2D eigenvalue weighted by molar-refractivity contribution is 0.268. The maximum Gasteiger partial charge on any atom is 0.155 e. The van der Waals surface area contributed by atoms with Gasteiger partial charge in [-0.15, -0.1) is 0 Å². The number of hydrogen-bond donors (Lipinski definition) is 1. The highest BCUT2D eigenvalue weighted by Crippen LogP contribution is 1.98. The van der Waals surface area contributed by atoms with Crippen molar-refractivity contribution in [2.75, 3.05) is 0 Å². The standard InChI is InChI=1S/C3H8O2S/c1-3(2)5-6-4/h3-4H,1-2H3. The molecule has 0 bridgehead atoms. The minimum atomic E-state index is 0.111. The maximum atomic E-state index is 7.93. The fraction of sp³-hybridized carbons (Fsp3) is 1.00. The van der Waals surface area contributed by atoms with E-state index in [2.05, 4.69) is 4.18 Å². The van der Waals surface area contributed by atoms with E-state index in [1.54, 1.807) is 0 Å². The third kappa shape index (κ3) is 4.27. The number of rotatable bonds is 2. The van der Waals surface area contributed by atoms with Crippen LogP contribution in [-0.4, -0.2) is 10.7 Å². The van der Waals surface area contributed by atoms with E-state index in [0.717, 1.165) is 0 Å². The van der Waals surface area contributed by atoms with E-state index in [1.807, 2.05) is 13.8 Å². The van der Waals surface area contributed by atoms with E-state index in [9.17, 15) is 0 Å². The fourth-order valence-electron chi connectivity index (χ4n) is 0.0861. The molecule has 0 unspecified atom stereocenters. The van der Waals surface area contributed by atoms with Gasteiger partial charge in [0.2, 0.25) is 0 Å². The summed E-state index contributed by atoms with van der Waals surface area (Å²) in [6, 6.07) is 0. The third-order valence-corrected chi connectivity index (χ3v) is 0.706. The molecule has 0 rings (SSSR count). The Balaban J connectivity index is 2.63. The SMILES string of the molecule is CC(C)OSO. The predicted octanol–water partition coefficient (Wildman–Crippen LogP) is 1.53. The van der Waals surface area contributed by atoms with Gasteiger partial charge in [0.25, 0.3) is 0 Å². The summed E-state index contributed by atoms with van der Waals surface area (Å²) in [6.45, 7) is 3.70. The molecule has 0 aliphatic carbocycles. The number of hydrogen-bond acceptors (Lipinski definition) is 3. The zero-order valence-electron chi connectivity index (χ0n) is 3.84. The summed E-state index contributed by atoms with van der Waals surface area (Å²) in [7, 11) is 0. The lowest BCUT2D eigenvalue weighted by Gasteiger charge is -1.96. The summed E-state index contributed by atoms with van der Waals surface area (Å²) in [6.07, 6.45) is 0.111. The lowest BCUT2D eigenvalue weighted by Crippen LogP contribution is -1.92. The molecule has 0 saturated heterocycles. The van der Waals surface area contributed by atoms with Gasteiger partial charge in [0.1, 0.15) is 0 Å². The molecule has 0 spiro atoms. The molecule has 0 aliphatic heterocycles. The molecule has 0 saturated carbocycles. The van der Waals surface area contributed by atoms with E-state index in [1.165, 1.54) is 0 Å². The Morgan fingerprint density at radius 2 is 2.17 bits per heavy atom. The Morgan fingerprint density at radius 1 is 1.67 bits per heavy atom. The van der Waals surface area contributed by atoms with Crippen LogP contribution in [0.2, 0.25) is 0 Å². The van der Waals surface area contributed by atoms with Crippen LogP contribution in [0.25, 0.3) is 0 Å². The minimum Gasteiger partial charge on any atom is -0.307 e. The first-order chi connectivity index (χ1) is 2.77. The Hall–Kier alpha value is 0.270. The summed E-state index contributed by atoms with van der Waals surface area (Å²) in [5.74, 6) is 0. The van der Waals surface area contributed by atoms with Crippen LogP contribution in [0, 0.1) is 0 Å². The Morgan fingerprint density at radius 3 is 2.17 bits per heavy atom. The highest BCUT2D eigenvalue weighted by Gasteiger charge is 1.87. The predicted molar refractivity (Wildman–Crippen MR) is 26.4 cm³/mol. The van der Waals surface area contributed by atoms with Crippen molar-refractivity contribution in [1.29, 1.82) is 0 Å². The highest BCUT2D eigenvalue weighted by molar-refractivity contribution is 7.88. The van der Waals surface area contributed by atoms with Gasteiger partial charge >= 0.3 is 0 Å². The quantitative estimate of drug-likeness (QED) is 0.544. The molecule has 38 valence electrons. The third-order valence-electron chi connectivity index (χ3n) is 0.235. The Kier molecular flexibility index (Phi) is 3.62. The molecule has 0 radical (unpaired) electrons. The van der Waals surface area contributed by atoms with Crippen molar-refractivity contribution in [3.63, 3.8) is 0 Å². The second kappa shape index (κ2) is 3.46. The van der Waals surface area contributed by atoms with Gasteiger partial charge < -0.3 is 4.55 Å². The first-order valence-electron chi connectivity index (χ1n) is 1.74. The van der Waals surface area contributed by atoms with Crippen LogP contribution >= 0.6 is 12.3 Å². The van der Waals surface area contributed by atoms with E-state index in [-0.39, 0.29) is 6.10 Å². The smallest absolute Gasteiger partial charge is 0.155 e. The summed E-state index contributed by atoms with van der Waals surface area (Å²) >= 11 is 0.410. The highest BCUT2D eigenvalue weighted by atomic mass is 32.2. The van der Waals surface area contributed by atoms with Crippen LogP contribution in [-0.2, 0) is 4.18 Å². The van der Waals surface area contributed by atoms with Gasteiger partial charge in [-0.3, -0.25) is 4.18 Å². The van der Waals surface area contributed by atoms with E-state index in [4.69, 9.17) is 4.55 Å². The van der Waals surface area contributed by atoms with Gasteiger partial charge in [-0.05, 0) is 13.8 Å². The Bertz CT molecular complexity index is 30.0. The average Bonchev–Trinajstić information content (AvgIpc) is 1.35. The Labute approximate surface area is 41.9 Å². The topological polar surface area (TPSA) is 29.5 Å². The molecular weight excluding hydrogens is 100 g/mol. The van der Waals surface area contributed by atoms with Crippen LogP contribution < -0.4 is 0 Å². The second-order valence-electron chi connectivity index (χ2n) is 1.22. The van der Waals surface area contributed by atoms with E-state index < -0.39 is 0 Å². The molecule has 0 aromatic heterocycles. The van der Waals surface area contributed by atoms with Gasteiger partial charge in [0, 0.05) is 0 Å². The summed E-state index contributed by atoms with van der Waals surface area (Å²) in [4.78, 5) is 0. The normalized spacial score (nSPS) is 10.0. The van der Waals surface area contributed by atoms with Crippen LogP contribution in [0.5, 0.6) is 0 Å². The average molecular weight is 108 g/mol. The van der Waals surface area contributed by atoms with Crippen LogP contribution in [0.1, 0.15) is 13.8 Å². The molecule has 3 heteroatoms. The largest absolute Gasteiger partial charge is 0.307 e. The molecule has 0 amide bonds. The van der Waals surface area contributed by atoms with Crippen molar-refractivity contribution >= 4 is 12.3 Å². The summed E-state index contributed by atoms with van der Waals surface area (Å²) < 4.78 is 12.4. The molecule has 1 N–H and O–H groups in total. The summed E-state index contributed by atoms with van der Waals surface area (Å²) in [5.41, 5.74) is 0. The molecule has 0 aliphatic rings. The van der Waals surface area contributed by atoms with Gasteiger partial charge in [0.05, 0.1) is 6.10 Å². The van der Waals surface area contributed by atoms with Crippen molar-refractivity contribution in [3.8, 4) is 0 Å². The van der Waals surface area contributed by atoms with Crippen LogP contribution in [0.15, 0.2) is 0 Å². The van der Waals surface area contributed by atoms with Crippen molar-refractivity contribution in [2.24, 2.45) is 0 Å². The first kappa shape index (κ1) is 6.27. The molecule has 0 aromatic carbocycles. The zero-order valence-corrected chi connectivity index (χ0v) is 4.66. The van der Waals surface area contributed by atoms with Crippen LogP contribution in [0.3, 0.4) is 0 Å². The molecular formula is C3H8O2S. The molecule has 6 heavy (non-hydrogen) atoms. The molecule has 0 fully saturated rings. The van der Waals surface area contributed by atoms with Gasteiger partial charge in [-0.25, -0.2) is 0 Å². The second-order valence-corrected chi connectivity index (χ2v) is 1.56.